The fraction of sp³-hybridized carbons (Fsp3) is 0.688. The van der Waals surface area contributed by atoms with Gasteiger partial charge < -0.3 is 9.88 Å². The molecule has 0 aliphatic rings. The highest BCUT2D eigenvalue weighted by Crippen LogP contribution is 2.23. The van der Waals surface area contributed by atoms with Crippen molar-refractivity contribution in [1.82, 2.24) is 9.88 Å². The van der Waals surface area contributed by atoms with E-state index in [1.165, 1.54) is 19.3 Å². The second-order valence-corrected chi connectivity index (χ2v) is 7.05. The number of unbranched alkanes of at least 4 members (excludes halogenated alkanes) is 2. The molecule has 1 rings (SSSR count). The van der Waals surface area contributed by atoms with Gasteiger partial charge >= 0.3 is 0 Å². The Labute approximate surface area is 131 Å². The number of nitrogens with one attached hydrogen (secondary N) is 1. The van der Waals surface area contributed by atoms with Crippen LogP contribution in [0.4, 0.5) is 0 Å². The van der Waals surface area contributed by atoms with E-state index in [-0.39, 0.29) is 11.3 Å². The Kier molecular flexibility index (Phi) is 6.80. The van der Waals surface area contributed by atoms with Crippen LogP contribution in [0.25, 0.3) is 0 Å². The Bertz CT molecular complexity index is 438. The molecule has 0 aromatic carbocycles. The van der Waals surface area contributed by atoms with Crippen molar-refractivity contribution in [2.75, 3.05) is 6.54 Å². The van der Waals surface area contributed by atoms with Gasteiger partial charge in [-0.2, -0.15) is 0 Å². The molecule has 114 valence electrons. The first-order valence-corrected chi connectivity index (χ1v) is 8.33. The molecule has 0 fully saturated rings. The highest BCUT2D eigenvalue weighted by molar-refractivity contribution is 9.10. The molecule has 0 saturated carbocycles. The van der Waals surface area contributed by atoms with Gasteiger partial charge in [0, 0.05) is 23.8 Å². The van der Waals surface area contributed by atoms with Gasteiger partial charge in [0.2, 0.25) is 0 Å². The quantitative estimate of drug-likeness (QED) is 0.688. The largest absolute Gasteiger partial charge is 0.350 e. The van der Waals surface area contributed by atoms with E-state index in [1.807, 2.05) is 23.8 Å². The van der Waals surface area contributed by atoms with Crippen molar-refractivity contribution in [2.24, 2.45) is 5.41 Å². The molecule has 0 bridgehead atoms. The lowest BCUT2D eigenvalue weighted by molar-refractivity contribution is 0.0925. The van der Waals surface area contributed by atoms with Crippen LogP contribution in [0.1, 0.15) is 63.9 Å². The fourth-order valence-corrected chi connectivity index (χ4v) is 2.74. The number of amides is 1. The summed E-state index contributed by atoms with van der Waals surface area (Å²) in [6, 6.07) is 1.88. The van der Waals surface area contributed by atoms with Crippen LogP contribution in [0.5, 0.6) is 0 Å². The average Bonchev–Trinajstić information content (AvgIpc) is 2.77. The zero-order valence-corrected chi connectivity index (χ0v) is 14.7. The highest BCUT2D eigenvalue weighted by Gasteiger charge is 2.20. The van der Waals surface area contributed by atoms with Crippen LogP contribution in [0.2, 0.25) is 0 Å². The molecule has 0 aliphatic heterocycles. The van der Waals surface area contributed by atoms with Gasteiger partial charge in [0.15, 0.2) is 0 Å². The zero-order chi connectivity index (χ0) is 15.2. The van der Waals surface area contributed by atoms with E-state index >= 15 is 0 Å². The number of aryl methyl sites for hydroxylation is 1. The minimum atomic E-state index is 0.0149. The molecule has 0 aliphatic carbocycles. The predicted octanol–water partition coefficient (Wildman–Crippen LogP) is 4.61. The minimum Gasteiger partial charge on any atom is -0.350 e. The Morgan fingerprint density at radius 1 is 1.35 bits per heavy atom. The lowest BCUT2D eigenvalue weighted by atomic mass is 9.87. The van der Waals surface area contributed by atoms with E-state index in [4.69, 9.17) is 0 Å². The fourth-order valence-electron chi connectivity index (χ4n) is 2.28. The summed E-state index contributed by atoms with van der Waals surface area (Å²) < 4.78 is 2.91. The molecule has 1 N–H and O–H groups in total. The normalized spacial score (nSPS) is 11.7. The van der Waals surface area contributed by atoms with Crippen LogP contribution in [-0.2, 0) is 6.54 Å². The number of halogens is 1. The second kappa shape index (κ2) is 7.87. The number of rotatable bonds is 8. The molecular formula is C16H27BrN2O. The van der Waals surface area contributed by atoms with Gasteiger partial charge in [0.1, 0.15) is 5.69 Å². The standard InChI is InChI=1S/C16H27BrN2O/c1-5-7-8-9-16(3,4)12-18-15(20)14-10-13(17)11-19(14)6-2/h10-11H,5-9,12H2,1-4H3,(H,18,20). The van der Waals surface area contributed by atoms with Crippen molar-refractivity contribution in [3.63, 3.8) is 0 Å². The maximum absolute atomic E-state index is 12.3. The molecule has 1 amide bonds. The number of carbonyl (C=O) groups is 1. The molecule has 20 heavy (non-hydrogen) atoms. The highest BCUT2D eigenvalue weighted by atomic mass is 79.9. The van der Waals surface area contributed by atoms with Crippen LogP contribution in [0.3, 0.4) is 0 Å². The SMILES string of the molecule is CCCCCC(C)(C)CNC(=O)c1cc(Br)cn1CC. The minimum absolute atomic E-state index is 0.0149. The molecule has 0 unspecified atom stereocenters. The smallest absolute Gasteiger partial charge is 0.267 e. The number of nitrogens with zero attached hydrogens (tertiary/aromatic N) is 1. The Morgan fingerprint density at radius 2 is 2.05 bits per heavy atom. The Morgan fingerprint density at radius 3 is 2.65 bits per heavy atom. The summed E-state index contributed by atoms with van der Waals surface area (Å²) in [4.78, 5) is 12.3. The van der Waals surface area contributed by atoms with Gasteiger partial charge in [-0.15, -0.1) is 0 Å². The lowest BCUT2D eigenvalue weighted by Gasteiger charge is -2.25. The number of carbonyl (C=O) groups excluding carboxylic acids is 1. The molecule has 3 nitrogen and oxygen atoms in total. The molecule has 1 heterocycles. The van der Waals surface area contributed by atoms with E-state index in [0.717, 1.165) is 29.7 Å². The van der Waals surface area contributed by atoms with E-state index in [2.05, 4.69) is 42.0 Å². The van der Waals surface area contributed by atoms with Crippen molar-refractivity contribution in [3.05, 3.63) is 22.4 Å². The summed E-state index contributed by atoms with van der Waals surface area (Å²) in [7, 11) is 0. The third-order valence-electron chi connectivity index (χ3n) is 3.62. The van der Waals surface area contributed by atoms with Crippen LogP contribution in [0.15, 0.2) is 16.7 Å². The summed E-state index contributed by atoms with van der Waals surface area (Å²) in [6.45, 7) is 10.2. The van der Waals surface area contributed by atoms with Crippen molar-refractivity contribution < 1.29 is 4.79 Å². The number of hydrogen-bond donors (Lipinski definition) is 1. The van der Waals surface area contributed by atoms with E-state index in [9.17, 15) is 4.79 Å². The molecule has 0 radical (unpaired) electrons. The monoisotopic (exact) mass is 342 g/mol. The van der Waals surface area contributed by atoms with Gasteiger partial charge in [-0.1, -0.05) is 40.0 Å². The van der Waals surface area contributed by atoms with Crippen molar-refractivity contribution >= 4 is 21.8 Å². The maximum atomic E-state index is 12.3. The summed E-state index contributed by atoms with van der Waals surface area (Å²) in [6.07, 6.45) is 6.83. The molecule has 1 aromatic heterocycles. The van der Waals surface area contributed by atoms with E-state index in [0.29, 0.717) is 0 Å². The molecule has 0 spiro atoms. The summed E-state index contributed by atoms with van der Waals surface area (Å²) in [5.41, 5.74) is 0.884. The molecule has 4 heteroatoms. The van der Waals surface area contributed by atoms with Gasteiger partial charge in [-0.3, -0.25) is 4.79 Å². The topological polar surface area (TPSA) is 34.0 Å². The Hall–Kier alpha value is -0.770. The van der Waals surface area contributed by atoms with Crippen LogP contribution >= 0.6 is 15.9 Å². The van der Waals surface area contributed by atoms with Gasteiger partial charge in [-0.05, 0) is 40.8 Å². The van der Waals surface area contributed by atoms with Crippen molar-refractivity contribution in [2.45, 2.75) is 59.9 Å². The maximum Gasteiger partial charge on any atom is 0.267 e. The average molecular weight is 343 g/mol. The van der Waals surface area contributed by atoms with Gasteiger partial charge in [0.05, 0.1) is 0 Å². The first kappa shape index (κ1) is 17.3. The van der Waals surface area contributed by atoms with E-state index in [1.54, 1.807) is 0 Å². The van der Waals surface area contributed by atoms with Crippen molar-refractivity contribution in [3.8, 4) is 0 Å². The Balaban J connectivity index is 2.53. The second-order valence-electron chi connectivity index (χ2n) is 6.13. The first-order valence-electron chi connectivity index (χ1n) is 7.53. The predicted molar refractivity (Wildman–Crippen MR) is 88.1 cm³/mol. The summed E-state index contributed by atoms with van der Waals surface area (Å²) >= 11 is 3.42. The van der Waals surface area contributed by atoms with Crippen LogP contribution < -0.4 is 5.32 Å². The molecular weight excluding hydrogens is 316 g/mol. The van der Waals surface area contributed by atoms with E-state index < -0.39 is 0 Å². The van der Waals surface area contributed by atoms with Crippen LogP contribution in [-0.4, -0.2) is 17.0 Å². The first-order chi connectivity index (χ1) is 9.39. The third-order valence-corrected chi connectivity index (χ3v) is 4.05. The van der Waals surface area contributed by atoms with Gasteiger partial charge in [0.25, 0.3) is 5.91 Å². The molecule has 0 atom stereocenters. The summed E-state index contributed by atoms with van der Waals surface area (Å²) in [5, 5.41) is 3.07. The zero-order valence-electron chi connectivity index (χ0n) is 13.1. The molecule has 0 saturated heterocycles. The summed E-state index contributed by atoms with van der Waals surface area (Å²) in [5.74, 6) is 0.0149. The molecule has 1 aromatic rings. The third kappa shape index (κ3) is 5.31. The van der Waals surface area contributed by atoms with Crippen LogP contribution in [0, 0.1) is 5.41 Å². The number of aromatic nitrogens is 1. The van der Waals surface area contributed by atoms with Gasteiger partial charge in [-0.25, -0.2) is 0 Å². The lowest BCUT2D eigenvalue weighted by Crippen LogP contribution is -2.35. The number of hydrogen-bond acceptors (Lipinski definition) is 1. The van der Waals surface area contributed by atoms with Crippen molar-refractivity contribution in [1.29, 1.82) is 0 Å².